The first kappa shape index (κ1) is 16.4. The number of amides is 2. The van der Waals surface area contributed by atoms with E-state index in [9.17, 15) is 9.18 Å². The predicted octanol–water partition coefficient (Wildman–Crippen LogP) is 2.37. The SMILES string of the molecule is C[C@H](NC(=O)N1CCO[C@@H](C)C1)c1nc(-c2cccc(F)c2)no1. The number of urea groups is 1. The largest absolute Gasteiger partial charge is 0.375 e. The molecule has 7 nitrogen and oxygen atoms in total. The fourth-order valence-electron chi connectivity index (χ4n) is 2.50. The summed E-state index contributed by atoms with van der Waals surface area (Å²) >= 11 is 0. The van der Waals surface area contributed by atoms with Gasteiger partial charge in [0.15, 0.2) is 0 Å². The second-order valence-electron chi connectivity index (χ2n) is 5.77. The standard InChI is InChI=1S/C16H19FN4O3/c1-10-9-21(6-7-23-10)16(22)18-11(2)15-19-14(20-24-15)12-4-3-5-13(17)8-12/h3-5,8,10-11H,6-7,9H2,1-2H3,(H,18,22)/t10-,11-/m0/s1. The summed E-state index contributed by atoms with van der Waals surface area (Å²) in [6, 6.07) is 5.28. The van der Waals surface area contributed by atoms with Crippen molar-refractivity contribution in [2.75, 3.05) is 19.7 Å². The third-order valence-corrected chi connectivity index (χ3v) is 3.76. The van der Waals surface area contributed by atoms with Crippen LogP contribution in [0, 0.1) is 5.82 Å². The van der Waals surface area contributed by atoms with Crippen LogP contribution < -0.4 is 5.32 Å². The van der Waals surface area contributed by atoms with E-state index in [4.69, 9.17) is 9.26 Å². The van der Waals surface area contributed by atoms with Gasteiger partial charge in [-0.15, -0.1) is 0 Å². The molecule has 0 spiro atoms. The first-order valence-corrected chi connectivity index (χ1v) is 7.79. The van der Waals surface area contributed by atoms with E-state index >= 15 is 0 Å². The van der Waals surface area contributed by atoms with E-state index in [0.717, 1.165) is 0 Å². The Morgan fingerprint density at radius 3 is 3.08 bits per heavy atom. The van der Waals surface area contributed by atoms with Crippen LogP contribution in [0.3, 0.4) is 0 Å². The van der Waals surface area contributed by atoms with Gasteiger partial charge < -0.3 is 19.5 Å². The molecule has 2 amide bonds. The van der Waals surface area contributed by atoms with Gasteiger partial charge in [-0.1, -0.05) is 17.3 Å². The van der Waals surface area contributed by atoms with Crippen LogP contribution >= 0.6 is 0 Å². The Balaban J connectivity index is 1.65. The molecule has 0 aliphatic carbocycles. The van der Waals surface area contributed by atoms with Crippen molar-refractivity contribution in [3.05, 3.63) is 36.0 Å². The van der Waals surface area contributed by atoms with Gasteiger partial charge in [0.1, 0.15) is 11.9 Å². The van der Waals surface area contributed by atoms with Gasteiger partial charge in [-0.25, -0.2) is 9.18 Å². The third kappa shape index (κ3) is 3.70. The summed E-state index contributed by atoms with van der Waals surface area (Å²) in [5.74, 6) is 0.177. The molecule has 1 N–H and O–H groups in total. The van der Waals surface area contributed by atoms with Crippen LogP contribution in [-0.2, 0) is 4.74 Å². The summed E-state index contributed by atoms with van der Waals surface area (Å²) in [6.45, 7) is 5.28. The lowest BCUT2D eigenvalue weighted by molar-refractivity contribution is -0.00392. The number of carbonyl (C=O) groups excluding carboxylic acids is 1. The van der Waals surface area contributed by atoms with Crippen molar-refractivity contribution in [3.8, 4) is 11.4 Å². The van der Waals surface area contributed by atoms with E-state index in [0.29, 0.717) is 25.3 Å². The molecule has 0 unspecified atom stereocenters. The number of benzene rings is 1. The normalized spacial score (nSPS) is 19.1. The molecule has 1 saturated heterocycles. The van der Waals surface area contributed by atoms with Crippen molar-refractivity contribution in [1.82, 2.24) is 20.4 Å². The summed E-state index contributed by atoms with van der Waals surface area (Å²) < 4.78 is 23.9. The van der Waals surface area contributed by atoms with Crippen LogP contribution in [-0.4, -0.2) is 46.9 Å². The number of hydrogen-bond acceptors (Lipinski definition) is 5. The second-order valence-corrected chi connectivity index (χ2v) is 5.77. The summed E-state index contributed by atoms with van der Waals surface area (Å²) in [6.07, 6.45) is 0.0165. The summed E-state index contributed by atoms with van der Waals surface area (Å²) in [7, 11) is 0. The molecular formula is C16H19FN4O3. The number of nitrogens with one attached hydrogen (secondary N) is 1. The number of hydrogen-bond donors (Lipinski definition) is 1. The zero-order valence-electron chi connectivity index (χ0n) is 13.5. The van der Waals surface area contributed by atoms with Gasteiger partial charge in [0.25, 0.3) is 0 Å². The minimum Gasteiger partial charge on any atom is -0.375 e. The highest BCUT2D eigenvalue weighted by Gasteiger charge is 2.24. The van der Waals surface area contributed by atoms with Crippen molar-refractivity contribution < 1.29 is 18.4 Å². The van der Waals surface area contributed by atoms with Crippen LogP contribution in [0.25, 0.3) is 11.4 Å². The molecular weight excluding hydrogens is 315 g/mol. The Hall–Kier alpha value is -2.48. The molecule has 1 aromatic carbocycles. The Morgan fingerprint density at radius 2 is 2.33 bits per heavy atom. The van der Waals surface area contributed by atoms with Gasteiger partial charge in [-0.2, -0.15) is 4.98 Å². The van der Waals surface area contributed by atoms with E-state index in [-0.39, 0.29) is 29.7 Å². The topological polar surface area (TPSA) is 80.5 Å². The minimum absolute atomic E-state index is 0.0165. The van der Waals surface area contributed by atoms with Gasteiger partial charge in [0, 0.05) is 18.7 Å². The van der Waals surface area contributed by atoms with Crippen LogP contribution in [0.2, 0.25) is 0 Å². The monoisotopic (exact) mass is 334 g/mol. The Kier molecular flexibility index (Phi) is 4.75. The molecule has 1 aromatic heterocycles. The number of aromatic nitrogens is 2. The molecule has 3 rings (SSSR count). The van der Waals surface area contributed by atoms with Crippen molar-refractivity contribution in [2.24, 2.45) is 0 Å². The van der Waals surface area contributed by atoms with Gasteiger partial charge in [-0.05, 0) is 26.0 Å². The number of carbonyl (C=O) groups is 1. The van der Waals surface area contributed by atoms with Gasteiger partial charge in [0.05, 0.1) is 12.7 Å². The molecule has 2 heterocycles. The maximum Gasteiger partial charge on any atom is 0.318 e. The first-order chi connectivity index (χ1) is 11.5. The molecule has 8 heteroatoms. The lowest BCUT2D eigenvalue weighted by Gasteiger charge is -2.31. The number of rotatable bonds is 3. The molecule has 128 valence electrons. The minimum atomic E-state index is -0.453. The quantitative estimate of drug-likeness (QED) is 0.932. The second kappa shape index (κ2) is 6.96. The van der Waals surface area contributed by atoms with E-state index in [1.54, 1.807) is 24.0 Å². The summed E-state index contributed by atoms with van der Waals surface area (Å²) in [5.41, 5.74) is 0.519. The lowest BCUT2D eigenvalue weighted by Crippen LogP contribution is -2.49. The first-order valence-electron chi connectivity index (χ1n) is 7.79. The summed E-state index contributed by atoms with van der Waals surface area (Å²) in [4.78, 5) is 18.2. The molecule has 1 fully saturated rings. The van der Waals surface area contributed by atoms with Crippen LogP contribution in [0.4, 0.5) is 9.18 Å². The van der Waals surface area contributed by atoms with Gasteiger partial charge in [0.2, 0.25) is 11.7 Å². The predicted molar refractivity (Wildman–Crippen MR) is 83.6 cm³/mol. The van der Waals surface area contributed by atoms with Gasteiger partial charge in [-0.3, -0.25) is 0 Å². The number of halogens is 1. The molecule has 2 aromatic rings. The highest BCUT2D eigenvalue weighted by molar-refractivity contribution is 5.74. The van der Waals surface area contributed by atoms with E-state index in [1.165, 1.54) is 12.1 Å². The van der Waals surface area contributed by atoms with Gasteiger partial charge >= 0.3 is 6.03 Å². The molecule has 0 bridgehead atoms. The number of morpholine rings is 1. The maximum atomic E-state index is 13.3. The Morgan fingerprint density at radius 1 is 1.50 bits per heavy atom. The van der Waals surface area contributed by atoms with Crippen molar-refractivity contribution in [3.63, 3.8) is 0 Å². The highest BCUT2D eigenvalue weighted by atomic mass is 19.1. The van der Waals surface area contributed by atoms with Crippen molar-refractivity contribution in [2.45, 2.75) is 26.0 Å². The maximum absolute atomic E-state index is 13.3. The lowest BCUT2D eigenvalue weighted by atomic mass is 10.2. The van der Waals surface area contributed by atoms with E-state index in [2.05, 4.69) is 15.5 Å². The average molecular weight is 334 g/mol. The molecule has 24 heavy (non-hydrogen) atoms. The molecule has 0 radical (unpaired) electrons. The molecule has 2 atom stereocenters. The Bertz CT molecular complexity index is 721. The highest BCUT2D eigenvalue weighted by Crippen LogP contribution is 2.19. The van der Waals surface area contributed by atoms with Crippen LogP contribution in [0.15, 0.2) is 28.8 Å². The van der Waals surface area contributed by atoms with E-state index < -0.39 is 6.04 Å². The zero-order chi connectivity index (χ0) is 17.1. The van der Waals surface area contributed by atoms with Crippen LogP contribution in [0.5, 0.6) is 0 Å². The fourth-order valence-corrected chi connectivity index (χ4v) is 2.50. The molecule has 0 saturated carbocycles. The zero-order valence-corrected chi connectivity index (χ0v) is 13.5. The molecule has 1 aliphatic heterocycles. The average Bonchev–Trinajstić information content (AvgIpc) is 3.05. The Labute approximate surface area is 138 Å². The number of ether oxygens (including phenoxy) is 1. The molecule has 1 aliphatic rings. The van der Waals surface area contributed by atoms with Crippen molar-refractivity contribution in [1.29, 1.82) is 0 Å². The van der Waals surface area contributed by atoms with Crippen molar-refractivity contribution >= 4 is 6.03 Å². The van der Waals surface area contributed by atoms with E-state index in [1.807, 2.05) is 6.92 Å². The third-order valence-electron chi connectivity index (χ3n) is 3.76. The summed E-state index contributed by atoms with van der Waals surface area (Å²) in [5, 5.41) is 6.67. The fraction of sp³-hybridized carbons (Fsp3) is 0.438. The number of nitrogens with zero attached hydrogens (tertiary/aromatic N) is 3. The smallest absolute Gasteiger partial charge is 0.318 e. The van der Waals surface area contributed by atoms with Crippen LogP contribution in [0.1, 0.15) is 25.8 Å².